The number of hydrogen-bond acceptors (Lipinski definition) is 3. The third-order valence-corrected chi connectivity index (χ3v) is 1.73. The van der Waals surface area contributed by atoms with Crippen LogP contribution >= 0.6 is 0 Å². The Hall–Kier alpha value is -1.71. The minimum absolute atomic E-state index is 0.319. The first-order valence-corrected chi connectivity index (χ1v) is 3.80. The summed E-state index contributed by atoms with van der Waals surface area (Å²) in [6, 6.07) is 3.38. The number of methoxy groups -OCH3 is 1. The molecule has 1 amide bonds. The van der Waals surface area contributed by atoms with E-state index in [4.69, 9.17) is 16.2 Å². The molecule has 0 aromatic heterocycles. The van der Waals surface area contributed by atoms with Crippen molar-refractivity contribution < 1.29 is 9.53 Å². The summed E-state index contributed by atoms with van der Waals surface area (Å²) in [5.74, 6) is -0.189. The minimum Gasteiger partial charge on any atom is -0.494 e. The number of rotatable bonds is 2. The van der Waals surface area contributed by atoms with Crippen LogP contribution in [0.15, 0.2) is 12.1 Å². The Labute approximate surface area is 76.5 Å². The number of hydrogen-bond donors (Lipinski definition) is 2. The number of anilines is 1. The predicted octanol–water partition coefficient (Wildman–Crippen LogP) is 0.685. The molecule has 0 aliphatic rings. The van der Waals surface area contributed by atoms with Gasteiger partial charge in [0, 0.05) is 0 Å². The van der Waals surface area contributed by atoms with Crippen LogP contribution in [0, 0.1) is 6.92 Å². The van der Waals surface area contributed by atoms with E-state index in [-0.39, 0.29) is 0 Å². The van der Waals surface area contributed by atoms with Gasteiger partial charge in [-0.05, 0) is 24.6 Å². The van der Waals surface area contributed by atoms with Crippen molar-refractivity contribution in [1.82, 2.24) is 0 Å². The maximum Gasteiger partial charge on any atom is 0.252 e. The zero-order valence-electron chi connectivity index (χ0n) is 7.63. The largest absolute Gasteiger partial charge is 0.494 e. The van der Waals surface area contributed by atoms with Crippen LogP contribution in [0.3, 0.4) is 0 Å². The highest BCUT2D eigenvalue weighted by atomic mass is 16.5. The Bertz CT molecular complexity index is 348. The second kappa shape index (κ2) is 3.35. The number of nitrogens with two attached hydrogens (primary N) is 2. The monoisotopic (exact) mass is 180 g/mol. The quantitative estimate of drug-likeness (QED) is 0.657. The summed E-state index contributed by atoms with van der Waals surface area (Å²) in [7, 11) is 1.45. The van der Waals surface area contributed by atoms with Gasteiger partial charge in [0.1, 0.15) is 0 Å². The molecule has 4 heteroatoms. The van der Waals surface area contributed by atoms with Crippen molar-refractivity contribution in [1.29, 1.82) is 0 Å². The number of carbonyl (C=O) groups excluding carboxylic acids is 1. The summed E-state index contributed by atoms with van der Waals surface area (Å²) in [6.07, 6.45) is 0. The molecule has 0 bridgehead atoms. The third-order valence-electron chi connectivity index (χ3n) is 1.73. The minimum atomic E-state index is -0.535. The van der Waals surface area contributed by atoms with Gasteiger partial charge in [0.15, 0.2) is 5.75 Å². The van der Waals surface area contributed by atoms with E-state index in [1.54, 1.807) is 12.1 Å². The first-order valence-electron chi connectivity index (χ1n) is 3.80. The third kappa shape index (κ3) is 1.72. The normalized spacial score (nSPS) is 9.69. The lowest BCUT2D eigenvalue weighted by Gasteiger charge is -2.09. The summed E-state index contributed by atoms with van der Waals surface area (Å²) in [4.78, 5) is 11.0. The molecule has 4 nitrogen and oxygen atoms in total. The van der Waals surface area contributed by atoms with Gasteiger partial charge in [0.25, 0.3) is 5.91 Å². The number of carbonyl (C=O) groups is 1. The molecular weight excluding hydrogens is 168 g/mol. The predicted molar refractivity (Wildman–Crippen MR) is 50.7 cm³/mol. The Morgan fingerprint density at radius 2 is 2.08 bits per heavy atom. The van der Waals surface area contributed by atoms with Gasteiger partial charge in [-0.2, -0.15) is 0 Å². The Morgan fingerprint density at radius 3 is 2.54 bits per heavy atom. The highest BCUT2D eigenvalue weighted by Gasteiger charge is 2.12. The van der Waals surface area contributed by atoms with Gasteiger partial charge in [0.2, 0.25) is 0 Å². The smallest absolute Gasteiger partial charge is 0.252 e. The zero-order chi connectivity index (χ0) is 10.0. The molecule has 0 aliphatic carbocycles. The second-order valence-electron chi connectivity index (χ2n) is 2.80. The number of benzene rings is 1. The first-order chi connectivity index (χ1) is 6.06. The Morgan fingerprint density at radius 1 is 1.46 bits per heavy atom. The molecule has 70 valence electrons. The van der Waals surface area contributed by atoms with Gasteiger partial charge in [-0.1, -0.05) is 0 Å². The van der Waals surface area contributed by atoms with Crippen LogP contribution < -0.4 is 16.2 Å². The molecule has 0 saturated carbocycles. The van der Waals surface area contributed by atoms with E-state index in [1.165, 1.54) is 7.11 Å². The lowest BCUT2D eigenvalue weighted by molar-refractivity contribution is 0.0997. The van der Waals surface area contributed by atoms with Crippen LogP contribution in [0.1, 0.15) is 15.9 Å². The Kier molecular flexibility index (Phi) is 2.41. The molecule has 0 radical (unpaired) electrons. The average molecular weight is 180 g/mol. The van der Waals surface area contributed by atoms with Crippen molar-refractivity contribution in [3.63, 3.8) is 0 Å². The fourth-order valence-corrected chi connectivity index (χ4v) is 1.21. The lowest BCUT2D eigenvalue weighted by Crippen LogP contribution is -2.13. The molecule has 0 saturated heterocycles. The number of nitrogen functional groups attached to an aromatic ring is 1. The number of primary amides is 1. The van der Waals surface area contributed by atoms with E-state index in [1.807, 2.05) is 6.92 Å². The Balaban J connectivity index is 3.38. The first kappa shape index (κ1) is 9.38. The van der Waals surface area contributed by atoms with Crippen LogP contribution in [0.2, 0.25) is 0 Å². The molecule has 13 heavy (non-hydrogen) atoms. The molecule has 0 atom stereocenters. The molecule has 1 rings (SSSR count). The van der Waals surface area contributed by atoms with Gasteiger partial charge in [-0.15, -0.1) is 0 Å². The van der Waals surface area contributed by atoms with Crippen LogP contribution in [0.4, 0.5) is 5.69 Å². The molecule has 1 aromatic carbocycles. The summed E-state index contributed by atoms with van der Waals surface area (Å²) in [6.45, 7) is 1.84. The molecule has 1 aromatic rings. The van der Waals surface area contributed by atoms with E-state index in [9.17, 15) is 4.79 Å². The maximum atomic E-state index is 11.0. The molecule has 0 heterocycles. The molecule has 0 unspecified atom stereocenters. The SMILES string of the molecule is COc1c(N)cc(C)cc1C(N)=O. The molecule has 4 N–H and O–H groups in total. The van der Waals surface area contributed by atoms with Crippen molar-refractivity contribution in [3.05, 3.63) is 23.3 Å². The van der Waals surface area contributed by atoms with Crippen LogP contribution in [-0.2, 0) is 0 Å². The topological polar surface area (TPSA) is 78.3 Å². The molecule has 0 fully saturated rings. The number of ether oxygens (including phenoxy) is 1. The summed E-state index contributed by atoms with van der Waals surface area (Å²) < 4.78 is 4.97. The molecule has 0 spiro atoms. The van der Waals surface area contributed by atoms with Gasteiger partial charge in [-0.3, -0.25) is 4.79 Å². The molecular formula is C9H12N2O2. The van der Waals surface area contributed by atoms with E-state index < -0.39 is 5.91 Å². The van der Waals surface area contributed by atoms with Crippen molar-refractivity contribution in [2.75, 3.05) is 12.8 Å². The standard InChI is InChI=1S/C9H12N2O2/c1-5-3-6(9(11)12)8(13-2)7(10)4-5/h3-4H,10H2,1-2H3,(H2,11,12). The van der Waals surface area contributed by atoms with Crippen LogP contribution in [-0.4, -0.2) is 13.0 Å². The van der Waals surface area contributed by atoms with E-state index >= 15 is 0 Å². The maximum absolute atomic E-state index is 11.0. The van der Waals surface area contributed by atoms with Crippen LogP contribution in [0.5, 0.6) is 5.75 Å². The molecule has 0 aliphatic heterocycles. The van der Waals surface area contributed by atoms with Crippen molar-refractivity contribution in [2.24, 2.45) is 5.73 Å². The zero-order valence-corrected chi connectivity index (χ0v) is 7.63. The van der Waals surface area contributed by atoms with Gasteiger partial charge in [-0.25, -0.2) is 0 Å². The number of amides is 1. The lowest BCUT2D eigenvalue weighted by atomic mass is 10.1. The van der Waals surface area contributed by atoms with E-state index in [0.717, 1.165) is 5.56 Å². The fraction of sp³-hybridized carbons (Fsp3) is 0.222. The van der Waals surface area contributed by atoms with Gasteiger partial charge in [0.05, 0.1) is 18.4 Å². The fourth-order valence-electron chi connectivity index (χ4n) is 1.21. The van der Waals surface area contributed by atoms with Crippen molar-refractivity contribution in [3.8, 4) is 5.75 Å². The summed E-state index contributed by atoms with van der Waals surface area (Å²) in [5, 5.41) is 0. The van der Waals surface area contributed by atoms with Gasteiger partial charge >= 0.3 is 0 Å². The average Bonchev–Trinajstić information content (AvgIpc) is 2.02. The van der Waals surface area contributed by atoms with Gasteiger partial charge < -0.3 is 16.2 Å². The number of aryl methyl sites for hydroxylation is 1. The second-order valence-corrected chi connectivity index (χ2v) is 2.80. The summed E-state index contributed by atoms with van der Waals surface area (Å²) >= 11 is 0. The highest BCUT2D eigenvalue weighted by molar-refractivity contribution is 5.97. The highest BCUT2D eigenvalue weighted by Crippen LogP contribution is 2.27. The van der Waals surface area contributed by atoms with E-state index in [0.29, 0.717) is 17.0 Å². The van der Waals surface area contributed by atoms with Crippen LogP contribution in [0.25, 0.3) is 0 Å². The van der Waals surface area contributed by atoms with E-state index in [2.05, 4.69) is 0 Å². The summed E-state index contributed by atoms with van der Waals surface area (Å²) in [5.41, 5.74) is 12.4. The van der Waals surface area contributed by atoms with Crippen molar-refractivity contribution >= 4 is 11.6 Å². The van der Waals surface area contributed by atoms with Crippen molar-refractivity contribution in [2.45, 2.75) is 6.92 Å².